The minimum Gasteiger partial charge on any atom is -0.481 e. The number of aliphatic hydroxyl groups excluding tert-OH is 2. The van der Waals surface area contributed by atoms with E-state index in [4.69, 9.17) is 4.74 Å². The molecule has 21 heavy (non-hydrogen) atoms. The van der Waals surface area contributed by atoms with Crippen LogP contribution in [-0.4, -0.2) is 45.7 Å². The Labute approximate surface area is 126 Å². The monoisotopic (exact) mass is 300 g/mol. The third-order valence-corrected chi connectivity index (χ3v) is 5.31. The average Bonchev–Trinajstić information content (AvgIpc) is 3.00. The predicted octanol–water partition coefficient (Wildman–Crippen LogP) is 1.80. The zero-order chi connectivity index (χ0) is 15.6. The Morgan fingerprint density at radius 2 is 1.90 bits per heavy atom. The molecule has 2 fully saturated rings. The number of carbonyl (C=O) groups is 1. The van der Waals surface area contributed by atoms with Crippen LogP contribution in [0.15, 0.2) is 0 Å². The molecule has 122 valence electrons. The lowest BCUT2D eigenvalue weighted by Gasteiger charge is -2.32. The average molecular weight is 300 g/mol. The van der Waals surface area contributed by atoms with Gasteiger partial charge in [0.05, 0.1) is 30.3 Å². The molecule has 0 aromatic rings. The molecular formula is C16H28O5. The molecule has 3 N–H and O–H groups in total. The van der Waals surface area contributed by atoms with E-state index < -0.39 is 24.1 Å². The Balaban J connectivity index is 1.96. The van der Waals surface area contributed by atoms with Gasteiger partial charge in [-0.05, 0) is 50.4 Å². The summed E-state index contributed by atoms with van der Waals surface area (Å²) in [5, 5.41) is 29.2. The number of fused-ring (bicyclic) bond motifs is 2. The molecule has 2 aliphatic carbocycles. The maximum absolute atomic E-state index is 11.2. The van der Waals surface area contributed by atoms with E-state index >= 15 is 0 Å². The highest BCUT2D eigenvalue weighted by molar-refractivity contribution is 5.69. The Hall–Kier alpha value is -0.650. The summed E-state index contributed by atoms with van der Waals surface area (Å²) in [5.41, 5.74) is 0. The third-order valence-electron chi connectivity index (χ3n) is 5.31. The standard InChI is InChI=1S/C16H28O5/c1-3-9(16(19)20)7-15(12(17)4-2)21-14-8-10-5-11(14)6-13(10)18/h9-15,17-18H,3-8H2,1-2H3,(H,19,20). The van der Waals surface area contributed by atoms with Gasteiger partial charge in [0, 0.05) is 0 Å². The van der Waals surface area contributed by atoms with Gasteiger partial charge in [-0.3, -0.25) is 4.79 Å². The number of aliphatic carboxylic acids is 1. The number of carboxylic acid groups (broad SMARTS) is 1. The van der Waals surface area contributed by atoms with Gasteiger partial charge in [0.2, 0.25) is 0 Å². The summed E-state index contributed by atoms with van der Waals surface area (Å²) in [4.78, 5) is 11.2. The van der Waals surface area contributed by atoms with Crippen LogP contribution < -0.4 is 0 Å². The lowest BCUT2D eigenvalue weighted by atomic mass is 9.92. The van der Waals surface area contributed by atoms with E-state index in [1.165, 1.54) is 0 Å². The molecule has 2 saturated carbocycles. The Bertz CT molecular complexity index is 357. The minimum absolute atomic E-state index is 0.0656. The van der Waals surface area contributed by atoms with Crippen molar-refractivity contribution < 1.29 is 24.9 Å². The first kappa shape index (κ1) is 16.7. The van der Waals surface area contributed by atoms with Gasteiger partial charge in [0.25, 0.3) is 0 Å². The summed E-state index contributed by atoms with van der Waals surface area (Å²) in [6.07, 6.45) is 2.89. The largest absolute Gasteiger partial charge is 0.481 e. The number of hydrogen-bond donors (Lipinski definition) is 3. The SMILES string of the molecule is CCC(CC(OC1CC2CC1CC2O)C(O)CC)C(=O)O. The second-order valence-electron chi connectivity index (χ2n) is 6.66. The Kier molecular flexibility index (Phi) is 5.63. The molecule has 0 aliphatic heterocycles. The molecule has 0 aromatic carbocycles. The third kappa shape index (κ3) is 3.76. The number of carboxylic acids is 1. The zero-order valence-electron chi connectivity index (χ0n) is 12.9. The Morgan fingerprint density at radius 1 is 1.19 bits per heavy atom. The first-order valence-electron chi connectivity index (χ1n) is 8.20. The van der Waals surface area contributed by atoms with Crippen molar-refractivity contribution in [3.63, 3.8) is 0 Å². The van der Waals surface area contributed by atoms with Gasteiger partial charge >= 0.3 is 5.97 Å². The van der Waals surface area contributed by atoms with Crippen LogP contribution in [0.4, 0.5) is 0 Å². The molecule has 7 atom stereocenters. The fourth-order valence-corrected chi connectivity index (χ4v) is 3.87. The van der Waals surface area contributed by atoms with E-state index in [-0.39, 0.29) is 12.2 Å². The van der Waals surface area contributed by atoms with E-state index in [0.29, 0.717) is 31.1 Å². The van der Waals surface area contributed by atoms with E-state index in [1.54, 1.807) is 0 Å². The van der Waals surface area contributed by atoms with Crippen LogP contribution in [0.3, 0.4) is 0 Å². The van der Waals surface area contributed by atoms with Gasteiger partial charge in [-0.2, -0.15) is 0 Å². The summed E-state index contributed by atoms with van der Waals surface area (Å²) in [6.45, 7) is 3.73. The van der Waals surface area contributed by atoms with Gasteiger partial charge in [0.15, 0.2) is 0 Å². The molecule has 2 bridgehead atoms. The minimum atomic E-state index is -0.822. The number of ether oxygens (including phenoxy) is 1. The van der Waals surface area contributed by atoms with Crippen molar-refractivity contribution in [1.82, 2.24) is 0 Å². The maximum atomic E-state index is 11.2. The molecule has 0 heterocycles. The number of aliphatic hydroxyl groups is 2. The van der Waals surface area contributed by atoms with Crippen LogP contribution >= 0.6 is 0 Å². The molecule has 0 saturated heterocycles. The van der Waals surface area contributed by atoms with E-state index in [9.17, 15) is 20.1 Å². The van der Waals surface area contributed by atoms with Gasteiger partial charge in [-0.15, -0.1) is 0 Å². The summed E-state index contributed by atoms with van der Waals surface area (Å²) in [6, 6.07) is 0. The second kappa shape index (κ2) is 7.07. The number of rotatable bonds is 8. The van der Waals surface area contributed by atoms with Crippen LogP contribution in [0.5, 0.6) is 0 Å². The van der Waals surface area contributed by atoms with Crippen molar-refractivity contribution in [2.75, 3.05) is 0 Å². The highest BCUT2D eigenvalue weighted by Crippen LogP contribution is 2.46. The molecular weight excluding hydrogens is 272 g/mol. The van der Waals surface area contributed by atoms with Gasteiger partial charge in [-0.1, -0.05) is 13.8 Å². The predicted molar refractivity (Wildman–Crippen MR) is 77.8 cm³/mol. The highest BCUT2D eigenvalue weighted by Gasteiger charge is 2.47. The van der Waals surface area contributed by atoms with Gasteiger partial charge < -0.3 is 20.1 Å². The van der Waals surface area contributed by atoms with Crippen molar-refractivity contribution in [2.45, 2.75) is 76.8 Å². The fourth-order valence-electron chi connectivity index (χ4n) is 3.87. The van der Waals surface area contributed by atoms with Crippen molar-refractivity contribution in [2.24, 2.45) is 17.8 Å². The van der Waals surface area contributed by atoms with Crippen molar-refractivity contribution in [1.29, 1.82) is 0 Å². The summed E-state index contributed by atoms with van der Waals surface area (Å²) < 4.78 is 6.10. The van der Waals surface area contributed by atoms with E-state index in [0.717, 1.165) is 19.3 Å². The summed E-state index contributed by atoms with van der Waals surface area (Å²) >= 11 is 0. The maximum Gasteiger partial charge on any atom is 0.306 e. The summed E-state index contributed by atoms with van der Waals surface area (Å²) in [5.74, 6) is -0.611. The summed E-state index contributed by atoms with van der Waals surface area (Å²) in [7, 11) is 0. The molecule has 0 radical (unpaired) electrons. The van der Waals surface area contributed by atoms with E-state index in [2.05, 4.69) is 0 Å². The molecule has 5 nitrogen and oxygen atoms in total. The van der Waals surface area contributed by atoms with Crippen molar-refractivity contribution in [3.8, 4) is 0 Å². The molecule has 0 aromatic heterocycles. The lowest BCUT2D eigenvalue weighted by molar-refractivity contribution is -0.147. The fraction of sp³-hybridized carbons (Fsp3) is 0.938. The van der Waals surface area contributed by atoms with Crippen molar-refractivity contribution in [3.05, 3.63) is 0 Å². The van der Waals surface area contributed by atoms with Crippen LogP contribution in [0.25, 0.3) is 0 Å². The zero-order valence-corrected chi connectivity index (χ0v) is 12.9. The van der Waals surface area contributed by atoms with Crippen LogP contribution in [-0.2, 0) is 9.53 Å². The Morgan fingerprint density at radius 3 is 2.33 bits per heavy atom. The van der Waals surface area contributed by atoms with Crippen LogP contribution in [0.1, 0.15) is 52.4 Å². The molecule has 0 spiro atoms. The molecule has 2 rings (SSSR count). The van der Waals surface area contributed by atoms with Crippen LogP contribution in [0.2, 0.25) is 0 Å². The number of hydrogen-bond acceptors (Lipinski definition) is 4. The first-order chi connectivity index (χ1) is 9.96. The lowest BCUT2D eigenvalue weighted by Crippen LogP contribution is -2.38. The normalized spacial score (nSPS) is 35.6. The topological polar surface area (TPSA) is 87.0 Å². The smallest absolute Gasteiger partial charge is 0.306 e. The van der Waals surface area contributed by atoms with Gasteiger partial charge in [-0.25, -0.2) is 0 Å². The molecule has 7 unspecified atom stereocenters. The second-order valence-corrected chi connectivity index (χ2v) is 6.66. The van der Waals surface area contributed by atoms with E-state index in [1.807, 2.05) is 13.8 Å². The van der Waals surface area contributed by atoms with Gasteiger partial charge in [0.1, 0.15) is 0 Å². The molecule has 0 amide bonds. The quantitative estimate of drug-likeness (QED) is 0.636. The molecule has 2 aliphatic rings. The first-order valence-corrected chi connectivity index (χ1v) is 8.20. The van der Waals surface area contributed by atoms with Crippen LogP contribution in [0, 0.1) is 17.8 Å². The molecule has 5 heteroatoms. The highest BCUT2D eigenvalue weighted by atomic mass is 16.5. The van der Waals surface area contributed by atoms with Crippen molar-refractivity contribution >= 4 is 5.97 Å².